The molecule has 0 radical (unpaired) electrons. The Balaban J connectivity index is 2.17. The highest BCUT2D eigenvalue weighted by molar-refractivity contribution is 5.73. The van der Waals surface area contributed by atoms with Crippen LogP contribution in [0.25, 0.3) is 0 Å². The normalized spacial score (nSPS) is 11.5. The van der Waals surface area contributed by atoms with Crippen LogP contribution < -0.4 is 0 Å². The van der Waals surface area contributed by atoms with Gasteiger partial charge < -0.3 is 5.11 Å². The summed E-state index contributed by atoms with van der Waals surface area (Å²) in [6, 6.07) is 9.82. The molecular formula is C13H16N4O2. The van der Waals surface area contributed by atoms with Gasteiger partial charge >= 0.3 is 5.97 Å². The first-order valence-electron chi connectivity index (χ1n) is 6.01. The summed E-state index contributed by atoms with van der Waals surface area (Å²) in [5, 5.41) is 20.6. The van der Waals surface area contributed by atoms with Gasteiger partial charge in [0.2, 0.25) is 0 Å². The maximum Gasteiger partial charge on any atom is 0.310 e. The standard InChI is InChI=1S/C13H16N4O2/c1-13(2,12(18)19)9-17-11(14-15-16-17)8-10-6-4-3-5-7-10/h3-7H,8-9H2,1-2H3,(H,18,19). The van der Waals surface area contributed by atoms with E-state index in [2.05, 4.69) is 15.5 Å². The van der Waals surface area contributed by atoms with Crippen LogP contribution in [0, 0.1) is 5.41 Å². The third-order valence-corrected chi connectivity index (χ3v) is 2.94. The Labute approximate surface area is 111 Å². The molecule has 2 rings (SSSR count). The van der Waals surface area contributed by atoms with Crippen molar-refractivity contribution in [3.05, 3.63) is 41.7 Å². The molecule has 0 saturated heterocycles. The molecule has 0 aliphatic rings. The lowest BCUT2D eigenvalue weighted by molar-refractivity contribution is -0.147. The van der Waals surface area contributed by atoms with Crippen LogP contribution in [0.5, 0.6) is 0 Å². The van der Waals surface area contributed by atoms with Crippen molar-refractivity contribution in [3.63, 3.8) is 0 Å². The van der Waals surface area contributed by atoms with Crippen LogP contribution in [-0.2, 0) is 17.8 Å². The van der Waals surface area contributed by atoms with Gasteiger partial charge in [0.15, 0.2) is 5.82 Å². The fraction of sp³-hybridized carbons (Fsp3) is 0.385. The van der Waals surface area contributed by atoms with Gasteiger partial charge in [-0.15, -0.1) is 5.10 Å². The molecule has 1 N–H and O–H groups in total. The van der Waals surface area contributed by atoms with Crippen LogP contribution in [0.4, 0.5) is 0 Å². The molecule has 6 nitrogen and oxygen atoms in total. The molecule has 0 amide bonds. The zero-order valence-electron chi connectivity index (χ0n) is 10.9. The molecular weight excluding hydrogens is 244 g/mol. The number of nitrogens with zero attached hydrogens (tertiary/aromatic N) is 4. The SMILES string of the molecule is CC(C)(Cn1nnnc1Cc1ccccc1)C(=O)O. The number of aromatic nitrogens is 4. The van der Waals surface area contributed by atoms with E-state index in [0.717, 1.165) is 5.56 Å². The van der Waals surface area contributed by atoms with Gasteiger partial charge in [-0.05, 0) is 29.8 Å². The van der Waals surface area contributed by atoms with Crippen molar-refractivity contribution in [2.45, 2.75) is 26.8 Å². The molecule has 0 atom stereocenters. The van der Waals surface area contributed by atoms with Crippen LogP contribution in [0.1, 0.15) is 25.2 Å². The Kier molecular flexibility index (Phi) is 3.59. The molecule has 0 saturated carbocycles. The fourth-order valence-electron chi connectivity index (χ4n) is 1.69. The van der Waals surface area contributed by atoms with E-state index in [1.165, 1.54) is 0 Å². The van der Waals surface area contributed by atoms with Crippen molar-refractivity contribution in [2.24, 2.45) is 5.41 Å². The maximum absolute atomic E-state index is 11.1. The molecule has 0 aliphatic heterocycles. The molecule has 1 aromatic carbocycles. The Morgan fingerprint density at radius 1 is 1.32 bits per heavy atom. The molecule has 0 fully saturated rings. The lowest BCUT2D eigenvalue weighted by Gasteiger charge is -2.19. The topological polar surface area (TPSA) is 80.9 Å². The highest BCUT2D eigenvalue weighted by Gasteiger charge is 2.29. The van der Waals surface area contributed by atoms with E-state index in [9.17, 15) is 4.79 Å². The summed E-state index contributed by atoms with van der Waals surface area (Å²) in [6.07, 6.45) is 0.587. The number of carbonyl (C=O) groups is 1. The smallest absolute Gasteiger partial charge is 0.310 e. The number of hydrogen-bond donors (Lipinski definition) is 1. The van der Waals surface area contributed by atoms with E-state index in [4.69, 9.17) is 5.11 Å². The van der Waals surface area contributed by atoms with E-state index < -0.39 is 11.4 Å². The molecule has 0 aliphatic carbocycles. The number of rotatable bonds is 5. The minimum absolute atomic E-state index is 0.248. The fourth-order valence-corrected chi connectivity index (χ4v) is 1.69. The first-order valence-corrected chi connectivity index (χ1v) is 6.01. The third kappa shape index (κ3) is 3.15. The highest BCUT2D eigenvalue weighted by Crippen LogP contribution is 2.18. The predicted octanol–water partition coefficient (Wildman–Crippen LogP) is 1.37. The lowest BCUT2D eigenvalue weighted by Crippen LogP contribution is -2.30. The molecule has 6 heteroatoms. The van der Waals surface area contributed by atoms with E-state index in [0.29, 0.717) is 12.2 Å². The summed E-state index contributed by atoms with van der Waals surface area (Å²) in [5.74, 6) is -0.200. The molecule has 2 aromatic rings. The van der Waals surface area contributed by atoms with Crippen LogP contribution in [0.15, 0.2) is 30.3 Å². The number of carboxylic acid groups (broad SMARTS) is 1. The van der Waals surface area contributed by atoms with Gasteiger partial charge in [0.25, 0.3) is 0 Å². The number of aliphatic carboxylic acids is 1. The van der Waals surface area contributed by atoms with Crippen molar-refractivity contribution >= 4 is 5.97 Å². The largest absolute Gasteiger partial charge is 0.481 e. The third-order valence-electron chi connectivity index (χ3n) is 2.94. The van der Waals surface area contributed by atoms with Crippen LogP contribution in [0.3, 0.4) is 0 Å². The lowest BCUT2D eigenvalue weighted by atomic mass is 9.94. The summed E-state index contributed by atoms with van der Waals surface area (Å²) in [6.45, 7) is 3.56. The predicted molar refractivity (Wildman–Crippen MR) is 68.5 cm³/mol. The van der Waals surface area contributed by atoms with Crippen molar-refractivity contribution in [2.75, 3.05) is 0 Å². The van der Waals surface area contributed by atoms with Crippen LogP contribution >= 0.6 is 0 Å². The molecule has 100 valence electrons. The molecule has 0 spiro atoms. The summed E-state index contributed by atoms with van der Waals surface area (Å²) < 4.78 is 1.56. The van der Waals surface area contributed by atoms with Gasteiger partial charge in [-0.3, -0.25) is 4.79 Å². The Morgan fingerprint density at radius 2 is 2.00 bits per heavy atom. The second-order valence-corrected chi connectivity index (χ2v) is 5.10. The van der Waals surface area contributed by atoms with Crippen molar-refractivity contribution in [1.82, 2.24) is 20.2 Å². The minimum Gasteiger partial charge on any atom is -0.481 e. The molecule has 19 heavy (non-hydrogen) atoms. The Bertz CT molecular complexity index is 563. The first-order chi connectivity index (χ1) is 8.99. The summed E-state index contributed by atoms with van der Waals surface area (Å²) in [5.41, 5.74) is 0.188. The van der Waals surface area contributed by atoms with E-state index in [1.807, 2.05) is 30.3 Å². The number of benzene rings is 1. The highest BCUT2D eigenvalue weighted by atomic mass is 16.4. The average Bonchev–Trinajstić information content (AvgIpc) is 2.77. The zero-order chi connectivity index (χ0) is 13.9. The summed E-state index contributed by atoms with van der Waals surface area (Å²) >= 11 is 0. The van der Waals surface area contributed by atoms with Crippen molar-refractivity contribution < 1.29 is 9.90 Å². The first kappa shape index (κ1) is 13.2. The minimum atomic E-state index is -0.902. The number of tetrazole rings is 1. The van der Waals surface area contributed by atoms with Gasteiger partial charge in [-0.2, -0.15) is 0 Å². The number of hydrogen-bond acceptors (Lipinski definition) is 4. The van der Waals surface area contributed by atoms with Crippen molar-refractivity contribution in [1.29, 1.82) is 0 Å². The van der Waals surface area contributed by atoms with E-state index in [1.54, 1.807) is 18.5 Å². The molecule has 1 heterocycles. The second-order valence-electron chi connectivity index (χ2n) is 5.10. The Morgan fingerprint density at radius 3 is 2.63 bits per heavy atom. The maximum atomic E-state index is 11.1. The van der Waals surface area contributed by atoms with E-state index in [-0.39, 0.29) is 6.54 Å². The van der Waals surface area contributed by atoms with Gasteiger partial charge in [0.1, 0.15) is 0 Å². The summed E-state index contributed by atoms with van der Waals surface area (Å²) in [4.78, 5) is 11.1. The summed E-state index contributed by atoms with van der Waals surface area (Å²) in [7, 11) is 0. The average molecular weight is 260 g/mol. The van der Waals surface area contributed by atoms with Gasteiger partial charge in [0, 0.05) is 6.42 Å². The van der Waals surface area contributed by atoms with Gasteiger partial charge in [-0.1, -0.05) is 30.3 Å². The van der Waals surface area contributed by atoms with E-state index >= 15 is 0 Å². The monoisotopic (exact) mass is 260 g/mol. The second kappa shape index (κ2) is 5.17. The number of carboxylic acids is 1. The quantitative estimate of drug-likeness (QED) is 0.878. The molecule has 0 unspecified atom stereocenters. The van der Waals surface area contributed by atoms with Crippen LogP contribution in [-0.4, -0.2) is 31.3 Å². The van der Waals surface area contributed by atoms with Gasteiger partial charge in [-0.25, -0.2) is 4.68 Å². The van der Waals surface area contributed by atoms with Crippen molar-refractivity contribution in [3.8, 4) is 0 Å². The molecule has 0 bridgehead atoms. The van der Waals surface area contributed by atoms with Crippen LogP contribution in [0.2, 0.25) is 0 Å². The zero-order valence-corrected chi connectivity index (χ0v) is 10.9. The Hall–Kier alpha value is -2.24. The molecule has 1 aromatic heterocycles. The van der Waals surface area contributed by atoms with Gasteiger partial charge in [0.05, 0.1) is 12.0 Å².